The monoisotopic (exact) mass is 1830 g/mol. The molecule has 0 bridgehead atoms. The van der Waals surface area contributed by atoms with Crippen LogP contribution >= 0.6 is 0 Å². The first-order valence-corrected chi connectivity index (χ1v) is 49.1. The van der Waals surface area contributed by atoms with Gasteiger partial charge in [-0.15, -0.1) is 0 Å². The lowest BCUT2D eigenvalue weighted by Gasteiger charge is -2.31. The van der Waals surface area contributed by atoms with Crippen LogP contribution in [-0.2, 0) is 76.3 Å². The molecule has 0 aliphatic carbocycles. The lowest BCUT2D eigenvalue weighted by atomic mass is 9.81. The van der Waals surface area contributed by atoms with Gasteiger partial charge in [0.15, 0.2) is 12.1 Å². The minimum atomic E-state index is -0.251. The number of carbonyl (C=O) groups is 8. The van der Waals surface area contributed by atoms with Gasteiger partial charge >= 0.3 is 47.8 Å². The zero-order chi connectivity index (χ0) is 90.9. The number of quaternary nitrogens is 8. The first-order chi connectivity index (χ1) is 57.4. The van der Waals surface area contributed by atoms with Crippen LogP contribution in [0.15, 0.2) is 0 Å². The van der Waals surface area contributed by atoms with Crippen LogP contribution in [0.3, 0.4) is 0 Å². The van der Waals surface area contributed by atoms with E-state index in [0.29, 0.717) is 122 Å². The maximum Gasteiger partial charge on any atom is 0.364 e. The van der Waals surface area contributed by atoms with Gasteiger partial charge in [0, 0.05) is 43.9 Å². The molecular formula is C103H228N8O16. The lowest BCUT2D eigenvalue weighted by molar-refractivity contribution is -0.410. The van der Waals surface area contributed by atoms with Crippen LogP contribution in [0.25, 0.3) is 0 Å². The molecule has 24 nitrogen and oxygen atoms in total. The number of hydrogen-bond donors (Lipinski definition) is 8. The highest BCUT2D eigenvalue weighted by atomic mass is 16.6. The summed E-state index contributed by atoms with van der Waals surface area (Å²) >= 11 is 0. The van der Waals surface area contributed by atoms with Gasteiger partial charge < -0.3 is 143 Å². The summed E-state index contributed by atoms with van der Waals surface area (Å²) in [6.07, 6.45) is 53.5. The molecule has 24 heteroatoms. The Balaban J connectivity index is -0.0000000887. The van der Waals surface area contributed by atoms with Crippen molar-refractivity contribution in [1.82, 2.24) is 0 Å². The molecule has 7 atom stereocenters. The Hall–Kier alpha value is -4.56. The van der Waals surface area contributed by atoms with Crippen LogP contribution in [0, 0.1) is 88.5 Å². The van der Waals surface area contributed by atoms with Gasteiger partial charge in [-0.2, -0.15) is 0 Å². The van der Waals surface area contributed by atoms with Crippen LogP contribution in [0.5, 0.6) is 0 Å². The van der Waals surface area contributed by atoms with E-state index in [1.54, 1.807) is 6.92 Å². The molecule has 0 aromatic rings. The highest BCUT2D eigenvalue weighted by Gasteiger charge is 2.32. The molecule has 0 rings (SSSR count). The van der Waals surface area contributed by atoms with Gasteiger partial charge in [-0.25, -0.2) is 9.59 Å². The number of hydrogen-bond acceptors (Lipinski definition) is 16. The summed E-state index contributed by atoms with van der Waals surface area (Å²) in [7, 11) is 0. The molecule has 127 heavy (non-hydrogen) atoms. The summed E-state index contributed by atoms with van der Waals surface area (Å²) < 4.78 is 42.3. The first-order valence-electron chi connectivity index (χ1n) is 49.1. The van der Waals surface area contributed by atoms with Gasteiger partial charge in [0.2, 0.25) is 0 Å². The topological polar surface area (TPSA) is 432 Å². The van der Waals surface area contributed by atoms with Gasteiger partial charge in [0.25, 0.3) is 0 Å². The number of rotatable bonds is 74. The standard InChI is InChI=1S/C21H41NO4.C14H30N2O2.2C14H29NO2.2C11H23NO2.C10H21NO2.8CH3/c1-4-7-10-13-19(23)25-17-21(6-3,15-8-5-2)18-26-20(24)14-11-9-12-16-22;1-3-5-8-12(4-2)11-18-14(17)13(16)9-6-7-10-15;1-3-5-9-13(4-2)12-17-14(16)10-7-6-8-11-15;1-2-3-4-5-6-10-13-17-14(16)11-8-7-9-12-15;1-4-6-7-10(5-2)8-14-11(13)9(3)12;1-3-5-6-10(4-2)9-14-11(13)7-8-12;1-2-3-9-13-10(12)7-5-4-6-8-11;;;;;;;;/h4-18,22H2,1-3H3;12-13H,3-11,15-16H2,1-2H3;13H,3-12,15H2,1-2H3;2-13,15H2,1H3;9-10H,4-8,12H2,1-3H3;10H,3-9,12H2,1-2H3;2-9,11H2,1H3;8*1H3/q;;;;;;;8*-1/p+8. The highest BCUT2D eigenvalue weighted by Crippen LogP contribution is 2.31. The minimum Gasteiger partial charge on any atom is -0.466 e. The third-order valence-electron chi connectivity index (χ3n) is 21.1. The van der Waals surface area contributed by atoms with Crippen molar-refractivity contribution in [3.8, 4) is 0 Å². The molecule has 0 radical (unpaired) electrons. The molecule has 7 unspecified atom stereocenters. The normalized spacial score (nSPS) is 11.8. The van der Waals surface area contributed by atoms with E-state index in [0.717, 1.165) is 232 Å². The Bertz CT molecular complexity index is 2180. The average molecular weight is 1830 g/mol. The van der Waals surface area contributed by atoms with Crippen LogP contribution < -0.4 is 45.9 Å². The van der Waals surface area contributed by atoms with Gasteiger partial charge in [0.05, 0.1) is 85.3 Å². The van der Waals surface area contributed by atoms with E-state index < -0.39 is 0 Å². The molecule has 0 aliphatic rings. The van der Waals surface area contributed by atoms with Gasteiger partial charge in [0.1, 0.15) is 13.2 Å². The van der Waals surface area contributed by atoms with E-state index >= 15 is 0 Å². The zero-order valence-electron chi connectivity index (χ0n) is 88.8. The van der Waals surface area contributed by atoms with Crippen molar-refractivity contribution in [2.24, 2.45) is 29.1 Å². The van der Waals surface area contributed by atoms with Crippen molar-refractivity contribution in [3.63, 3.8) is 0 Å². The summed E-state index contributed by atoms with van der Waals surface area (Å²) in [5.74, 6) is 1.36. The van der Waals surface area contributed by atoms with E-state index in [9.17, 15) is 38.4 Å². The third-order valence-corrected chi connectivity index (χ3v) is 21.1. The van der Waals surface area contributed by atoms with Crippen LogP contribution in [0.4, 0.5) is 0 Å². The number of carbonyl (C=O) groups excluding carboxylic acids is 8. The highest BCUT2D eigenvalue weighted by molar-refractivity contribution is 5.74. The third kappa shape index (κ3) is 123. The fourth-order valence-electron chi connectivity index (χ4n) is 11.9. The second-order valence-electron chi connectivity index (χ2n) is 32.8. The van der Waals surface area contributed by atoms with E-state index in [-0.39, 0.29) is 125 Å². The molecule has 0 aromatic carbocycles. The van der Waals surface area contributed by atoms with Crippen molar-refractivity contribution in [2.75, 3.05) is 92.1 Å². The van der Waals surface area contributed by atoms with Crippen molar-refractivity contribution in [1.29, 1.82) is 0 Å². The van der Waals surface area contributed by atoms with Crippen molar-refractivity contribution >= 4 is 47.8 Å². The Morgan fingerprint density at radius 1 is 0.252 bits per heavy atom. The smallest absolute Gasteiger partial charge is 0.364 e. The summed E-state index contributed by atoms with van der Waals surface area (Å²) in [5, 5.41) is 0. The van der Waals surface area contributed by atoms with Crippen molar-refractivity contribution in [2.45, 2.75) is 443 Å². The van der Waals surface area contributed by atoms with Crippen molar-refractivity contribution in [3.05, 3.63) is 59.4 Å². The molecular weight excluding hydrogens is 1610 g/mol. The quantitative estimate of drug-likeness (QED) is 0.0121. The van der Waals surface area contributed by atoms with Gasteiger partial charge in [-0.3, -0.25) is 28.8 Å². The molecule has 776 valence electrons. The van der Waals surface area contributed by atoms with E-state index in [1.165, 1.54) is 96.3 Å². The Morgan fingerprint density at radius 3 is 0.819 bits per heavy atom. The zero-order valence-corrected chi connectivity index (χ0v) is 88.8. The molecule has 24 N–H and O–H groups in total. The second kappa shape index (κ2) is 128. The fraction of sp³-hybridized carbons (Fsp3) is 0.845. The minimum absolute atomic E-state index is 0. The van der Waals surface area contributed by atoms with E-state index in [1.807, 2.05) is 0 Å². The molecule has 0 aliphatic heterocycles. The van der Waals surface area contributed by atoms with Crippen LogP contribution in [-0.4, -0.2) is 152 Å². The Kier molecular flexibility index (Phi) is 157. The van der Waals surface area contributed by atoms with E-state index in [4.69, 9.17) is 37.9 Å². The number of unbranched alkanes of at least 4 members (excludes halogenated alkanes) is 22. The molecule has 0 spiro atoms. The van der Waals surface area contributed by atoms with Gasteiger partial charge in [-0.05, 0) is 178 Å². The molecule has 0 fully saturated rings. The first kappa shape index (κ1) is 156. The number of ether oxygens (including phenoxy) is 8. The fourth-order valence-corrected chi connectivity index (χ4v) is 11.9. The summed E-state index contributed by atoms with van der Waals surface area (Å²) in [5.41, 5.74) is 29.8. The molecule has 0 saturated carbocycles. The second-order valence-corrected chi connectivity index (χ2v) is 32.8. The molecule has 0 saturated heterocycles. The Morgan fingerprint density at radius 2 is 0.512 bits per heavy atom. The van der Waals surface area contributed by atoms with Crippen LogP contribution in [0.2, 0.25) is 0 Å². The lowest BCUT2D eigenvalue weighted by Crippen LogP contribution is -2.65. The predicted octanol–water partition coefficient (Wildman–Crippen LogP) is 17.5. The maximum absolute atomic E-state index is 12.0. The Labute approximate surface area is 789 Å². The maximum atomic E-state index is 12.0. The van der Waals surface area contributed by atoms with Gasteiger partial charge in [-0.1, -0.05) is 231 Å². The van der Waals surface area contributed by atoms with Crippen molar-refractivity contribution < 1.29 is 122 Å². The average Bonchev–Trinajstić information content (AvgIpc) is 0.867. The van der Waals surface area contributed by atoms with Crippen LogP contribution in [0.1, 0.15) is 431 Å². The SMILES string of the molecule is CCCCC(CC)COC(=O)C(C)[NH3+].CCCCC(CC)COC(=O)C([NH3+])CCCC[NH3+].CCCCC(CC)COC(=O)CCCCC[NH3+].CCCCC(CC)COC(=O)CC[NH3+].CCCCCC(=O)OCC(CC)(CCCC)COC(=O)CCCCC[NH3+].CCCCCCCCOC(=O)CCCCC[NH3+].CCCCOC(=O)CCCCC[NH3+].[CH3-].[CH3-].[CH3-].[CH3-].[CH3-].[CH3-].[CH3-].[CH3-]. The predicted molar refractivity (Wildman–Crippen MR) is 535 cm³/mol. The largest absolute Gasteiger partial charge is 0.466 e. The summed E-state index contributed by atoms with van der Waals surface area (Å²) in [6, 6.07) is -0.459. The molecule has 0 amide bonds. The van der Waals surface area contributed by atoms with E-state index in [2.05, 4.69) is 136 Å². The number of esters is 8. The summed E-state index contributed by atoms with van der Waals surface area (Å²) in [4.78, 5) is 91.7. The molecule has 0 aromatic heterocycles. The molecule has 0 heterocycles. The summed E-state index contributed by atoms with van der Waals surface area (Å²) in [6.45, 7) is 39.4.